The molecule has 0 unspecified atom stereocenters. The van der Waals surface area contributed by atoms with E-state index in [2.05, 4.69) is 17.1 Å². The van der Waals surface area contributed by atoms with Crippen molar-refractivity contribution in [2.24, 2.45) is 0 Å². The number of hydrogen-bond donors (Lipinski definition) is 0. The first-order valence-electron chi connectivity index (χ1n) is 11.5. The first-order chi connectivity index (χ1) is 17.7. The summed E-state index contributed by atoms with van der Waals surface area (Å²) in [6.07, 6.45) is 1.66. The Morgan fingerprint density at radius 1 is 0.944 bits per heavy atom. The second kappa shape index (κ2) is 8.03. The largest absolute Gasteiger partial charge is 0.497 e. The van der Waals surface area contributed by atoms with E-state index in [1.54, 1.807) is 29.3 Å². The summed E-state index contributed by atoms with van der Waals surface area (Å²) in [6.45, 7) is 2.01. The molecule has 8 nitrogen and oxygen atoms in total. The van der Waals surface area contributed by atoms with E-state index in [0.717, 1.165) is 38.7 Å². The Hall–Kier alpha value is -4.50. The summed E-state index contributed by atoms with van der Waals surface area (Å²) < 4.78 is 15.5. The molecule has 4 aromatic heterocycles. The Balaban J connectivity index is 1.49. The molecule has 0 spiro atoms. The minimum Gasteiger partial charge on any atom is -0.497 e. The topological polar surface area (TPSA) is 79.4 Å². The Morgan fingerprint density at radius 2 is 1.78 bits per heavy atom. The lowest BCUT2D eigenvalue weighted by Crippen LogP contribution is -2.16. The van der Waals surface area contributed by atoms with Gasteiger partial charge in [-0.1, -0.05) is 36.4 Å². The van der Waals surface area contributed by atoms with Crippen molar-refractivity contribution in [2.75, 3.05) is 7.11 Å². The van der Waals surface area contributed by atoms with Crippen molar-refractivity contribution in [2.45, 2.75) is 12.8 Å². The van der Waals surface area contributed by atoms with E-state index in [4.69, 9.17) is 24.7 Å². The Morgan fingerprint density at radius 3 is 2.53 bits per heavy atom. The Labute approximate surface area is 210 Å². The molecule has 5 heterocycles. The van der Waals surface area contributed by atoms with Gasteiger partial charge in [-0.2, -0.15) is 5.10 Å². The fraction of sp³-hybridized carbons (Fsp3) is 0.111. The molecule has 0 saturated heterocycles. The van der Waals surface area contributed by atoms with Gasteiger partial charge >= 0.3 is 0 Å². The lowest BCUT2D eigenvalue weighted by molar-refractivity contribution is 0.402. The van der Waals surface area contributed by atoms with Crippen LogP contribution in [-0.2, 0) is 0 Å². The summed E-state index contributed by atoms with van der Waals surface area (Å²) in [5, 5.41) is 11.6. The third kappa shape index (κ3) is 3.13. The molecule has 9 heteroatoms. The molecule has 176 valence electrons. The summed E-state index contributed by atoms with van der Waals surface area (Å²) >= 11 is 1.60. The maximum Gasteiger partial charge on any atom is 0.230 e. The standard InChI is InChI=1S/C27H20N6O2S/c1-16-21-22(17-10-12-19(34-2)13-11-17)23-25-29-24(20-9-6-14-36-20)31-32(25)15-28-26(23)35-27(21)33(30-16)18-7-4-3-5-8-18/h3-15,22H,1-2H3/t22-/m0/s1. The van der Waals surface area contributed by atoms with E-state index in [-0.39, 0.29) is 5.92 Å². The predicted molar refractivity (Wildman–Crippen MR) is 136 cm³/mol. The molecule has 0 amide bonds. The fourth-order valence-electron chi connectivity index (χ4n) is 4.76. The van der Waals surface area contributed by atoms with Crippen molar-refractivity contribution >= 4 is 17.0 Å². The van der Waals surface area contributed by atoms with E-state index >= 15 is 0 Å². The average molecular weight is 493 g/mol. The summed E-state index contributed by atoms with van der Waals surface area (Å²) in [4.78, 5) is 10.6. The van der Waals surface area contributed by atoms with Crippen molar-refractivity contribution in [1.29, 1.82) is 0 Å². The number of thiophene rings is 1. The van der Waals surface area contributed by atoms with Gasteiger partial charge in [-0.25, -0.2) is 19.2 Å². The highest BCUT2D eigenvalue weighted by molar-refractivity contribution is 7.13. The third-order valence-corrected chi connectivity index (χ3v) is 7.28. The molecular formula is C27H20N6O2S. The van der Waals surface area contributed by atoms with Gasteiger partial charge in [-0.05, 0) is 48.2 Å². The van der Waals surface area contributed by atoms with Crippen LogP contribution in [0.1, 0.15) is 28.3 Å². The van der Waals surface area contributed by atoms with Crippen LogP contribution >= 0.6 is 11.3 Å². The van der Waals surface area contributed by atoms with Crippen molar-refractivity contribution in [3.63, 3.8) is 0 Å². The van der Waals surface area contributed by atoms with Gasteiger partial charge in [0.2, 0.25) is 11.8 Å². The van der Waals surface area contributed by atoms with Gasteiger partial charge < -0.3 is 9.47 Å². The molecular weight excluding hydrogens is 472 g/mol. The van der Waals surface area contributed by atoms with Crippen LogP contribution in [0.5, 0.6) is 17.5 Å². The number of para-hydroxylation sites is 1. The van der Waals surface area contributed by atoms with Crippen LogP contribution in [0.4, 0.5) is 0 Å². The molecule has 0 fully saturated rings. The summed E-state index contributed by atoms with van der Waals surface area (Å²) in [5.41, 5.74) is 5.41. The van der Waals surface area contributed by atoms with Gasteiger partial charge in [0.15, 0.2) is 11.5 Å². The third-order valence-electron chi connectivity index (χ3n) is 6.41. The molecule has 2 aromatic carbocycles. The second-order valence-electron chi connectivity index (χ2n) is 8.50. The van der Waals surface area contributed by atoms with Crippen LogP contribution in [0.15, 0.2) is 78.4 Å². The number of rotatable bonds is 4. The van der Waals surface area contributed by atoms with Crippen LogP contribution in [0.25, 0.3) is 22.0 Å². The van der Waals surface area contributed by atoms with E-state index in [1.165, 1.54) is 0 Å². The monoisotopic (exact) mass is 492 g/mol. The van der Waals surface area contributed by atoms with Gasteiger partial charge in [-0.15, -0.1) is 16.4 Å². The lowest BCUT2D eigenvalue weighted by Gasteiger charge is -2.26. The number of fused-ring (bicyclic) bond motifs is 4. The van der Waals surface area contributed by atoms with Crippen LogP contribution < -0.4 is 9.47 Å². The van der Waals surface area contributed by atoms with Gasteiger partial charge in [-0.3, -0.25) is 0 Å². The Kier molecular flexibility index (Phi) is 4.65. The Bertz CT molecular complexity index is 1710. The molecule has 7 rings (SSSR count). The number of aromatic nitrogens is 6. The number of methoxy groups -OCH3 is 1. The predicted octanol–water partition coefficient (Wildman–Crippen LogP) is 5.64. The molecule has 0 N–H and O–H groups in total. The normalized spacial score (nSPS) is 14.3. The SMILES string of the molecule is COc1ccc([C@H]2c3c(C)nn(-c4ccccc4)c3Oc3ncn4nc(-c5cccs5)nc4c32)cc1. The lowest BCUT2D eigenvalue weighted by atomic mass is 9.84. The number of hydrogen-bond acceptors (Lipinski definition) is 7. The van der Waals surface area contributed by atoms with E-state index in [0.29, 0.717) is 23.2 Å². The van der Waals surface area contributed by atoms with Gasteiger partial charge in [0.1, 0.15) is 12.1 Å². The number of ether oxygens (including phenoxy) is 2. The minimum atomic E-state index is -0.205. The van der Waals surface area contributed by atoms with Crippen LogP contribution in [0.2, 0.25) is 0 Å². The zero-order valence-corrected chi connectivity index (χ0v) is 20.3. The molecule has 0 saturated carbocycles. The van der Waals surface area contributed by atoms with Crippen molar-refractivity contribution in [3.05, 3.63) is 101 Å². The zero-order chi connectivity index (χ0) is 24.2. The van der Waals surface area contributed by atoms with E-state index in [1.807, 2.05) is 71.6 Å². The molecule has 1 aliphatic rings. The van der Waals surface area contributed by atoms with Crippen LogP contribution in [0, 0.1) is 6.92 Å². The van der Waals surface area contributed by atoms with Gasteiger partial charge in [0.05, 0.1) is 40.4 Å². The summed E-state index contributed by atoms with van der Waals surface area (Å²) in [6, 6.07) is 22.1. The van der Waals surface area contributed by atoms with Crippen LogP contribution in [-0.4, -0.2) is 36.5 Å². The van der Waals surface area contributed by atoms with E-state index < -0.39 is 0 Å². The highest BCUT2D eigenvalue weighted by Crippen LogP contribution is 2.50. The first kappa shape index (κ1) is 20.8. The smallest absolute Gasteiger partial charge is 0.230 e. The zero-order valence-electron chi connectivity index (χ0n) is 19.5. The first-order valence-corrected chi connectivity index (χ1v) is 12.3. The second-order valence-corrected chi connectivity index (χ2v) is 9.45. The van der Waals surface area contributed by atoms with E-state index in [9.17, 15) is 0 Å². The van der Waals surface area contributed by atoms with Crippen molar-refractivity contribution in [3.8, 4) is 33.9 Å². The summed E-state index contributed by atoms with van der Waals surface area (Å²) in [7, 11) is 1.67. The van der Waals surface area contributed by atoms with Gasteiger partial charge in [0, 0.05) is 0 Å². The van der Waals surface area contributed by atoms with Gasteiger partial charge in [0.25, 0.3) is 0 Å². The molecule has 36 heavy (non-hydrogen) atoms. The average Bonchev–Trinajstić information content (AvgIpc) is 3.67. The fourth-order valence-corrected chi connectivity index (χ4v) is 5.42. The molecule has 0 bridgehead atoms. The minimum absolute atomic E-state index is 0.205. The molecule has 6 aromatic rings. The molecule has 0 aliphatic carbocycles. The highest BCUT2D eigenvalue weighted by Gasteiger charge is 2.38. The van der Waals surface area contributed by atoms with Crippen molar-refractivity contribution in [1.82, 2.24) is 29.4 Å². The number of aryl methyl sites for hydroxylation is 1. The number of nitrogens with zero attached hydrogens (tertiary/aromatic N) is 6. The quantitative estimate of drug-likeness (QED) is 0.316. The number of benzene rings is 2. The van der Waals surface area contributed by atoms with Crippen LogP contribution in [0.3, 0.4) is 0 Å². The molecule has 1 aliphatic heterocycles. The maximum absolute atomic E-state index is 6.47. The highest BCUT2D eigenvalue weighted by atomic mass is 32.1. The summed E-state index contributed by atoms with van der Waals surface area (Å²) in [5.74, 6) is 2.40. The molecule has 1 atom stereocenters. The van der Waals surface area contributed by atoms with Crippen molar-refractivity contribution < 1.29 is 9.47 Å². The maximum atomic E-state index is 6.47. The molecule has 0 radical (unpaired) electrons.